The highest BCUT2D eigenvalue weighted by molar-refractivity contribution is 7.86. The number of piperazine rings is 1. The van der Waals surface area contributed by atoms with Gasteiger partial charge in [0.1, 0.15) is 23.2 Å². The van der Waals surface area contributed by atoms with E-state index in [9.17, 15) is 57.3 Å². The number of nitrogens with zero attached hydrogens (tertiary/aromatic N) is 3. The highest BCUT2D eigenvalue weighted by atomic mass is 32.2. The van der Waals surface area contributed by atoms with Crippen molar-refractivity contribution in [2.75, 3.05) is 25.4 Å². The van der Waals surface area contributed by atoms with E-state index in [0.29, 0.717) is 9.80 Å². The molecule has 1 aromatic carbocycles. The van der Waals surface area contributed by atoms with E-state index in [1.165, 1.54) is 4.90 Å². The Morgan fingerprint density at radius 2 is 1.62 bits per heavy atom. The summed E-state index contributed by atoms with van der Waals surface area (Å²) < 4.78 is 28.6. The third-order valence-electron chi connectivity index (χ3n) is 7.75. The first-order chi connectivity index (χ1) is 24.5. The number of ether oxygens (including phenoxy) is 3. The standard InChI is InChI=1S/C30H32N6O15S/c1-5-34-8-9-35(27(44)26(34)43)30(47)32-20(16-6-7-18(49-13(2)38)19(10-16)50-14(3)39)23(41)33-24(51-15(4)40)17-11-52(48)28-21(31-12-37)25(42)36(28)22(17)29(45)46/h6-7,10,12,20-21,24,28H,5,8-9,11H2,1-4H3,(H,31,37)(H,32,47)(H,33,41)(H,45,46)/t20?,21-,24?,28-,52?/m1/s1. The van der Waals surface area contributed by atoms with Crippen LogP contribution in [0.15, 0.2) is 29.5 Å². The largest absolute Gasteiger partial charge is 0.477 e. The van der Waals surface area contributed by atoms with Crippen LogP contribution in [-0.4, -0.2) is 127 Å². The first-order valence-electron chi connectivity index (χ1n) is 15.3. The number of hydrogen-bond acceptors (Lipinski definition) is 14. The molecule has 4 N–H and O–H groups in total. The second kappa shape index (κ2) is 15.8. The van der Waals surface area contributed by atoms with Crippen molar-refractivity contribution in [1.82, 2.24) is 30.7 Å². The maximum Gasteiger partial charge on any atom is 0.352 e. The number of imide groups is 1. The maximum absolute atomic E-state index is 14.1. The Kier molecular flexibility index (Phi) is 11.7. The molecule has 5 atom stereocenters. The van der Waals surface area contributed by atoms with Crippen LogP contribution in [0.1, 0.15) is 39.3 Å². The van der Waals surface area contributed by atoms with Crippen molar-refractivity contribution in [3.63, 3.8) is 0 Å². The van der Waals surface area contributed by atoms with Crippen molar-refractivity contribution in [2.24, 2.45) is 0 Å². The molecule has 4 rings (SSSR count). The molecule has 2 fully saturated rings. The fraction of sp³-hybridized carbons (Fsp3) is 0.400. The Morgan fingerprint density at radius 1 is 0.962 bits per heavy atom. The fourth-order valence-corrected chi connectivity index (χ4v) is 7.22. The highest BCUT2D eigenvalue weighted by Crippen LogP contribution is 2.36. The van der Waals surface area contributed by atoms with Crippen molar-refractivity contribution in [3.8, 4) is 11.5 Å². The lowest BCUT2D eigenvalue weighted by Gasteiger charge is -2.49. The molecule has 21 nitrogen and oxygen atoms in total. The minimum Gasteiger partial charge on any atom is -0.477 e. The summed E-state index contributed by atoms with van der Waals surface area (Å²) in [6.45, 7) is 4.46. The van der Waals surface area contributed by atoms with Gasteiger partial charge in [0.05, 0.1) is 16.6 Å². The predicted octanol–water partition coefficient (Wildman–Crippen LogP) is -2.63. The van der Waals surface area contributed by atoms with Crippen LogP contribution in [-0.2, 0) is 58.7 Å². The summed E-state index contributed by atoms with van der Waals surface area (Å²) >= 11 is 0. The number of urea groups is 1. The second-order valence-electron chi connectivity index (χ2n) is 11.2. The van der Waals surface area contributed by atoms with Gasteiger partial charge >= 0.3 is 41.7 Å². The minimum absolute atomic E-state index is 0.0315. The number of esters is 3. The van der Waals surface area contributed by atoms with Crippen molar-refractivity contribution in [2.45, 2.75) is 51.4 Å². The van der Waals surface area contributed by atoms with E-state index >= 15 is 0 Å². The number of hydrogen-bond donors (Lipinski definition) is 4. The molecule has 3 aliphatic heterocycles. The fourth-order valence-electron chi connectivity index (χ4n) is 5.52. The lowest BCUT2D eigenvalue weighted by molar-refractivity contribution is -0.153. The van der Waals surface area contributed by atoms with Gasteiger partial charge in [-0.05, 0) is 24.6 Å². The van der Waals surface area contributed by atoms with E-state index < -0.39 is 111 Å². The van der Waals surface area contributed by atoms with E-state index in [1.54, 1.807) is 6.92 Å². The summed E-state index contributed by atoms with van der Waals surface area (Å²) in [5.41, 5.74) is -1.51. The van der Waals surface area contributed by atoms with Crippen LogP contribution in [0.2, 0.25) is 0 Å². The zero-order valence-electron chi connectivity index (χ0n) is 27.9. The summed E-state index contributed by atoms with van der Waals surface area (Å²) in [5.74, 6) is -10.3. The number of likely N-dealkylation sites (N-methyl/N-ethyl adjacent to an activating group) is 1. The third kappa shape index (κ3) is 7.90. The van der Waals surface area contributed by atoms with Gasteiger partial charge in [-0.2, -0.15) is 0 Å². The molecule has 0 bridgehead atoms. The maximum atomic E-state index is 14.1. The predicted molar refractivity (Wildman–Crippen MR) is 169 cm³/mol. The zero-order valence-corrected chi connectivity index (χ0v) is 28.7. The molecule has 3 heterocycles. The SMILES string of the molecule is CCN1CCN(C(=O)NC(C(=O)NC(OC(C)=O)C2=C(C(=O)O)N3C(=O)[C@@H](NC=O)[C@H]3S(=O)C2)c2ccc(OC(C)=O)c(OC(C)=O)c2)C(=O)C1=O. The summed E-state index contributed by atoms with van der Waals surface area (Å²) in [5, 5.41) is 15.5. The zero-order chi connectivity index (χ0) is 38.6. The Morgan fingerprint density at radius 3 is 2.19 bits per heavy atom. The average molecular weight is 749 g/mol. The van der Waals surface area contributed by atoms with E-state index in [4.69, 9.17) is 14.2 Å². The summed E-state index contributed by atoms with van der Waals surface area (Å²) in [7, 11) is -2.10. The van der Waals surface area contributed by atoms with Gasteiger partial charge in [0.25, 0.3) is 5.91 Å². The number of rotatable bonds is 12. The van der Waals surface area contributed by atoms with E-state index in [-0.39, 0.29) is 37.4 Å². The van der Waals surface area contributed by atoms with E-state index in [2.05, 4.69) is 16.0 Å². The Hall–Kier alpha value is -6.19. The van der Waals surface area contributed by atoms with Gasteiger partial charge in [-0.25, -0.2) is 9.59 Å². The number of benzene rings is 1. The van der Waals surface area contributed by atoms with Crippen molar-refractivity contribution < 1.29 is 71.5 Å². The molecule has 0 spiro atoms. The first-order valence-corrected chi connectivity index (χ1v) is 16.6. The molecule has 0 saturated carbocycles. The lowest BCUT2D eigenvalue weighted by Crippen LogP contribution is -2.73. The van der Waals surface area contributed by atoms with Crippen LogP contribution in [0.25, 0.3) is 0 Å². The number of carbonyl (C=O) groups is 10. The van der Waals surface area contributed by atoms with Gasteiger partial charge in [-0.1, -0.05) is 6.07 Å². The molecule has 52 heavy (non-hydrogen) atoms. The van der Waals surface area contributed by atoms with Crippen molar-refractivity contribution in [1.29, 1.82) is 0 Å². The number of carbonyl (C=O) groups excluding carboxylic acids is 9. The number of aliphatic carboxylic acids is 1. The van der Waals surface area contributed by atoms with Crippen molar-refractivity contribution in [3.05, 3.63) is 35.0 Å². The number of amides is 7. The minimum atomic E-state index is -2.10. The molecular formula is C30H32N6O15S. The lowest BCUT2D eigenvalue weighted by atomic mass is 10.0. The molecule has 3 unspecified atom stereocenters. The molecule has 3 aliphatic rings. The molecule has 0 aromatic heterocycles. The van der Waals surface area contributed by atoms with E-state index in [1.807, 2.05) is 0 Å². The molecule has 1 aromatic rings. The molecule has 0 aliphatic carbocycles. The average Bonchev–Trinajstić information content (AvgIpc) is 3.06. The van der Waals surface area contributed by atoms with Crippen LogP contribution in [0.5, 0.6) is 11.5 Å². The molecular weight excluding hydrogens is 716 g/mol. The Balaban J connectivity index is 1.78. The quantitative estimate of drug-likeness (QED) is 0.0425. The normalized spacial score (nSPS) is 20.8. The smallest absolute Gasteiger partial charge is 0.352 e. The number of fused-ring (bicyclic) bond motifs is 1. The summed E-state index contributed by atoms with van der Waals surface area (Å²) in [6.07, 6.45) is -1.86. The van der Waals surface area contributed by atoms with Gasteiger partial charge in [0, 0.05) is 46.0 Å². The number of carboxylic acid groups (broad SMARTS) is 1. The highest BCUT2D eigenvalue weighted by Gasteiger charge is 2.57. The van der Waals surface area contributed by atoms with Gasteiger partial charge in [0.15, 0.2) is 11.5 Å². The van der Waals surface area contributed by atoms with Crippen molar-refractivity contribution >= 4 is 70.7 Å². The van der Waals surface area contributed by atoms with E-state index in [0.717, 1.165) is 39.0 Å². The molecule has 2 saturated heterocycles. The van der Waals surface area contributed by atoms with Crippen LogP contribution < -0.4 is 25.4 Å². The summed E-state index contributed by atoms with van der Waals surface area (Å²) in [6, 6.07) is -1.20. The second-order valence-corrected chi connectivity index (χ2v) is 12.7. The van der Waals surface area contributed by atoms with Crippen LogP contribution >= 0.6 is 0 Å². The molecule has 7 amide bonds. The topological polar surface area (TPSA) is 281 Å². The number of carboxylic acids is 1. The third-order valence-corrected chi connectivity index (χ3v) is 9.37. The molecule has 22 heteroatoms. The molecule has 0 radical (unpaired) electrons. The number of nitrogens with one attached hydrogen (secondary N) is 3. The number of β-lactam (4-membered cyclic amide) rings is 1. The monoisotopic (exact) mass is 748 g/mol. The molecule has 278 valence electrons. The van der Waals surface area contributed by atoms with Crippen LogP contribution in [0, 0.1) is 0 Å². The summed E-state index contributed by atoms with van der Waals surface area (Å²) in [4.78, 5) is 127. The van der Waals surface area contributed by atoms with Gasteiger partial charge < -0.3 is 40.2 Å². The van der Waals surface area contributed by atoms with Crippen LogP contribution in [0.3, 0.4) is 0 Å². The van der Waals surface area contributed by atoms with Crippen LogP contribution in [0.4, 0.5) is 4.79 Å². The Bertz CT molecular complexity index is 1830. The first kappa shape index (κ1) is 38.6. The van der Waals surface area contributed by atoms with Gasteiger partial charge in [-0.15, -0.1) is 0 Å². The Labute approximate surface area is 296 Å². The van der Waals surface area contributed by atoms with Gasteiger partial charge in [0.2, 0.25) is 18.5 Å². The van der Waals surface area contributed by atoms with Gasteiger partial charge in [-0.3, -0.25) is 52.4 Å².